The Morgan fingerprint density at radius 2 is 1.92 bits per heavy atom. The van der Waals surface area contributed by atoms with Crippen LogP contribution in [-0.4, -0.2) is 20.2 Å². The number of methoxy groups -OCH3 is 2. The van der Waals surface area contributed by atoms with Gasteiger partial charge in [0.15, 0.2) is 0 Å². The van der Waals surface area contributed by atoms with Gasteiger partial charge in [0, 0.05) is 16.2 Å². The van der Waals surface area contributed by atoms with Crippen molar-refractivity contribution in [1.29, 1.82) is 0 Å². The minimum atomic E-state index is -0.467. The maximum atomic E-state index is 12.1. The van der Waals surface area contributed by atoms with E-state index in [1.807, 2.05) is 24.3 Å². The molecule has 1 aliphatic heterocycles. The summed E-state index contributed by atoms with van der Waals surface area (Å²) in [6.07, 6.45) is 1.77. The Kier molecular flexibility index (Phi) is 5.16. The lowest BCUT2D eigenvalue weighted by Crippen LogP contribution is -1.94. The summed E-state index contributed by atoms with van der Waals surface area (Å²) >= 11 is 9.45. The Bertz CT molecular complexity index is 902. The van der Waals surface area contributed by atoms with E-state index in [1.165, 1.54) is 0 Å². The van der Waals surface area contributed by atoms with Crippen LogP contribution < -0.4 is 9.47 Å². The SMILES string of the molecule is COc1cccc(/C=C2\OC(=O)C(Br)=C2c2cc(Cl)ccc2OC)c1. The number of rotatable bonds is 4. The number of hydrogen-bond acceptors (Lipinski definition) is 4. The highest BCUT2D eigenvalue weighted by molar-refractivity contribution is 9.12. The number of halogens is 2. The summed E-state index contributed by atoms with van der Waals surface area (Å²) in [4.78, 5) is 12.1. The zero-order valence-corrected chi connectivity index (χ0v) is 15.8. The molecule has 0 amide bonds. The zero-order chi connectivity index (χ0) is 18.0. The zero-order valence-electron chi connectivity index (χ0n) is 13.5. The first-order chi connectivity index (χ1) is 12.0. The highest BCUT2D eigenvalue weighted by Crippen LogP contribution is 2.42. The van der Waals surface area contributed by atoms with E-state index in [4.69, 9.17) is 25.8 Å². The topological polar surface area (TPSA) is 44.8 Å². The van der Waals surface area contributed by atoms with Gasteiger partial charge >= 0.3 is 5.97 Å². The van der Waals surface area contributed by atoms with Crippen molar-refractivity contribution in [3.8, 4) is 11.5 Å². The fraction of sp³-hybridized carbons (Fsp3) is 0.105. The number of allylic oxidation sites excluding steroid dienone is 1. The summed E-state index contributed by atoms with van der Waals surface area (Å²) in [5.74, 6) is 1.24. The van der Waals surface area contributed by atoms with E-state index in [0.29, 0.717) is 37.9 Å². The van der Waals surface area contributed by atoms with Crippen LogP contribution in [0.1, 0.15) is 11.1 Å². The van der Waals surface area contributed by atoms with Crippen LogP contribution in [0.3, 0.4) is 0 Å². The van der Waals surface area contributed by atoms with Crippen LogP contribution in [0.4, 0.5) is 0 Å². The van der Waals surface area contributed by atoms with E-state index in [9.17, 15) is 4.79 Å². The average molecular weight is 422 g/mol. The number of benzene rings is 2. The normalized spacial score (nSPS) is 15.5. The van der Waals surface area contributed by atoms with Gasteiger partial charge in [0.1, 0.15) is 21.7 Å². The Labute approximate surface area is 158 Å². The van der Waals surface area contributed by atoms with Crippen molar-refractivity contribution in [1.82, 2.24) is 0 Å². The Hall–Kier alpha value is -2.24. The molecule has 0 atom stereocenters. The van der Waals surface area contributed by atoms with E-state index in [0.717, 1.165) is 5.56 Å². The molecule has 1 aliphatic rings. The van der Waals surface area contributed by atoms with E-state index in [-0.39, 0.29) is 0 Å². The summed E-state index contributed by atoms with van der Waals surface area (Å²) in [5.41, 5.74) is 2.09. The molecule has 0 fully saturated rings. The van der Waals surface area contributed by atoms with Gasteiger partial charge in [-0.1, -0.05) is 23.7 Å². The van der Waals surface area contributed by atoms with E-state index < -0.39 is 5.97 Å². The number of carbonyl (C=O) groups is 1. The lowest BCUT2D eigenvalue weighted by molar-refractivity contribution is -0.132. The van der Waals surface area contributed by atoms with Gasteiger partial charge < -0.3 is 14.2 Å². The predicted molar refractivity (Wildman–Crippen MR) is 101 cm³/mol. The van der Waals surface area contributed by atoms with Crippen LogP contribution in [0.25, 0.3) is 11.6 Å². The molecule has 0 saturated carbocycles. The number of ether oxygens (including phenoxy) is 3. The first-order valence-corrected chi connectivity index (χ1v) is 8.52. The molecule has 6 heteroatoms. The van der Waals surface area contributed by atoms with Crippen LogP contribution in [0.2, 0.25) is 5.02 Å². The van der Waals surface area contributed by atoms with Crippen molar-refractivity contribution >= 4 is 45.1 Å². The Morgan fingerprint density at radius 1 is 1.12 bits per heavy atom. The molecular formula is C19H14BrClO4. The van der Waals surface area contributed by atoms with Crippen LogP contribution in [-0.2, 0) is 9.53 Å². The van der Waals surface area contributed by atoms with Gasteiger partial charge in [-0.15, -0.1) is 0 Å². The van der Waals surface area contributed by atoms with Crippen molar-refractivity contribution in [3.63, 3.8) is 0 Å². The van der Waals surface area contributed by atoms with Crippen molar-refractivity contribution in [2.75, 3.05) is 14.2 Å². The van der Waals surface area contributed by atoms with Crippen LogP contribution in [0.5, 0.6) is 11.5 Å². The monoisotopic (exact) mass is 420 g/mol. The largest absolute Gasteiger partial charge is 0.497 e. The fourth-order valence-corrected chi connectivity index (χ4v) is 3.18. The molecule has 0 saturated heterocycles. The van der Waals surface area contributed by atoms with Gasteiger partial charge in [-0.3, -0.25) is 0 Å². The van der Waals surface area contributed by atoms with E-state index >= 15 is 0 Å². The van der Waals surface area contributed by atoms with Gasteiger partial charge in [0.05, 0.1) is 14.2 Å². The summed E-state index contributed by atoms with van der Waals surface area (Å²) < 4.78 is 16.4. The van der Waals surface area contributed by atoms with Crippen molar-refractivity contribution in [3.05, 3.63) is 68.9 Å². The van der Waals surface area contributed by atoms with Crippen LogP contribution >= 0.6 is 27.5 Å². The Morgan fingerprint density at radius 3 is 2.64 bits per heavy atom. The number of carbonyl (C=O) groups excluding carboxylic acids is 1. The number of hydrogen-bond donors (Lipinski definition) is 0. The predicted octanol–water partition coefficient (Wildman–Crippen LogP) is 5.06. The molecule has 0 aromatic heterocycles. The van der Waals surface area contributed by atoms with Gasteiger partial charge in [-0.2, -0.15) is 0 Å². The lowest BCUT2D eigenvalue weighted by atomic mass is 10.0. The standard InChI is InChI=1S/C19H14BrClO4/c1-23-13-5-3-4-11(8-13)9-16-17(18(20)19(22)25-16)14-10-12(21)6-7-15(14)24-2/h3-10H,1-2H3/b16-9-. The maximum Gasteiger partial charge on any atom is 0.351 e. The van der Waals surface area contributed by atoms with E-state index in [1.54, 1.807) is 38.5 Å². The quantitative estimate of drug-likeness (QED) is 0.647. The molecule has 0 N–H and O–H groups in total. The first kappa shape index (κ1) is 17.6. The Balaban J connectivity index is 2.14. The molecule has 0 radical (unpaired) electrons. The minimum Gasteiger partial charge on any atom is -0.497 e. The minimum absolute atomic E-state index is 0.321. The number of cyclic esters (lactones) is 1. The highest BCUT2D eigenvalue weighted by Gasteiger charge is 2.31. The molecule has 0 aliphatic carbocycles. The first-order valence-electron chi connectivity index (χ1n) is 7.35. The molecule has 2 aromatic carbocycles. The molecule has 2 aromatic rings. The maximum absolute atomic E-state index is 12.1. The van der Waals surface area contributed by atoms with Crippen LogP contribution in [0.15, 0.2) is 52.7 Å². The van der Waals surface area contributed by atoms with Crippen molar-refractivity contribution < 1.29 is 19.0 Å². The summed E-state index contributed by atoms with van der Waals surface area (Å²) in [6, 6.07) is 12.6. The molecule has 0 spiro atoms. The molecule has 25 heavy (non-hydrogen) atoms. The third-order valence-corrected chi connectivity index (χ3v) is 4.63. The second kappa shape index (κ2) is 7.33. The highest BCUT2D eigenvalue weighted by atomic mass is 79.9. The third-order valence-electron chi connectivity index (χ3n) is 3.67. The molecule has 0 bridgehead atoms. The number of esters is 1. The summed E-state index contributed by atoms with van der Waals surface area (Å²) in [7, 11) is 3.16. The molecule has 128 valence electrons. The van der Waals surface area contributed by atoms with Gasteiger partial charge in [-0.25, -0.2) is 4.79 Å². The molecule has 0 unspecified atom stereocenters. The van der Waals surface area contributed by atoms with Gasteiger partial charge in [0.25, 0.3) is 0 Å². The molecular weight excluding hydrogens is 408 g/mol. The lowest BCUT2D eigenvalue weighted by Gasteiger charge is -2.11. The van der Waals surface area contributed by atoms with Crippen molar-refractivity contribution in [2.24, 2.45) is 0 Å². The molecule has 4 nitrogen and oxygen atoms in total. The average Bonchev–Trinajstić information content (AvgIpc) is 2.88. The fourth-order valence-electron chi connectivity index (χ4n) is 2.52. The van der Waals surface area contributed by atoms with Crippen molar-refractivity contribution in [2.45, 2.75) is 0 Å². The molecule has 3 rings (SSSR count). The summed E-state index contributed by atoms with van der Waals surface area (Å²) in [5, 5.41) is 0.531. The second-order valence-corrected chi connectivity index (χ2v) is 6.44. The molecule has 1 heterocycles. The third kappa shape index (κ3) is 3.57. The summed E-state index contributed by atoms with van der Waals surface area (Å²) in [6.45, 7) is 0. The second-order valence-electron chi connectivity index (χ2n) is 5.21. The van der Waals surface area contributed by atoms with Crippen LogP contribution in [0, 0.1) is 0 Å². The van der Waals surface area contributed by atoms with E-state index in [2.05, 4.69) is 15.9 Å². The van der Waals surface area contributed by atoms with Gasteiger partial charge in [0.2, 0.25) is 0 Å². The van der Waals surface area contributed by atoms with Gasteiger partial charge in [-0.05, 0) is 57.9 Å². The smallest absolute Gasteiger partial charge is 0.351 e.